The van der Waals surface area contributed by atoms with Crippen molar-refractivity contribution >= 4 is 28.3 Å². The number of aryl methyl sites for hydroxylation is 3. The van der Waals surface area contributed by atoms with Crippen molar-refractivity contribution in [2.24, 2.45) is 0 Å². The normalized spacial score (nSPS) is 12.9. The predicted molar refractivity (Wildman–Crippen MR) is 106 cm³/mol. The van der Waals surface area contributed by atoms with E-state index in [4.69, 9.17) is 0 Å². The number of benzene rings is 2. The van der Waals surface area contributed by atoms with E-state index in [1.54, 1.807) is 6.26 Å². The Kier molecular flexibility index (Phi) is 6.69. The molecule has 0 radical (unpaired) electrons. The topological polar surface area (TPSA) is 75.3 Å². The largest absolute Gasteiger partial charge is 0.340 e. The summed E-state index contributed by atoms with van der Waals surface area (Å²) in [4.78, 5) is 24.7. The molecule has 138 valence electrons. The Balaban J connectivity index is 2.14. The summed E-state index contributed by atoms with van der Waals surface area (Å²) in [6.07, 6.45) is 1.57. The zero-order valence-corrected chi connectivity index (χ0v) is 16.3. The quantitative estimate of drug-likeness (QED) is 0.793. The van der Waals surface area contributed by atoms with Crippen molar-refractivity contribution in [2.45, 2.75) is 26.8 Å². The lowest BCUT2D eigenvalue weighted by molar-refractivity contribution is -0.136. The molecule has 0 aliphatic carbocycles. The van der Waals surface area contributed by atoms with E-state index in [0.29, 0.717) is 5.69 Å². The van der Waals surface area contributed by atoms with Gasteiger partial charge in [-0.25, -0.2) is 0 Å². The average Bonchev–Trinajstić information content (AvgIpc) is 2.57. The summed E-state index contributed by atoms with van der Waals surface area (Å²) in [5.74, 6) is -1.24. The molecule has 2 atom stereocenters. The monoisotopic (exact) mass is 372 g/mol. The molecule has 0 unspecified atom stereocenters. The van der Waals surface area contributed by atoms with Gasteiger partial charge in [0, 0.05) is 28.5 Å². The number of nitrogens with one attached hydrogen (secondary N) is 2. The summed E-state index contributed by atoms with van der Waals surface area (Å²) >= 11 is 0. The van der Waals surface area contributed by atoms with Crippen LogP contribution in [-0.4, -0.2) is 28.0 Å². The van der Waals surface area contributed by atoms with Gasteiger partial charge in [0.25, 0.3) is 0 Å². The lowest BCUT2D eigenvalue weighted by Gasteiger charge is -2.18. The minimum atomic E-state index is -1.12. The van der Waals surface area contributed by atoms with Crippen LogP contribution >= 0.6 is 0 Å². The molecule has 26 heavy (non-hydrogen) atoms. The van der Waals surface area contributed by atoms with Crippen LogP contribution in [0.15, 0.2) is 42.5 Å². The number of anilines is 1. The smallest absolute Gasteiger partial charge is 0.313 e. The summed E-state index contributed by atoms with van der Waals surface area (Å²) in [7, 11) is -1.12. The Morgan fingerprint density at radius 2 is 1.58 bits per heavy atom. The molecule has 0 fully saturated rings. The van der Waals surface area contributed by atoms with Gasteiger partial charge in [0.05, 0.1) is 6.04 Å². The highest BCUT2D eigenvalue weighted by molar-refractivity contribution is 7.84. The second-order valence-electron chi connectivity index (χ2n) is 6.40. The highest BCUT2D eigenvalue weighted by Crippen LogP contribution is 2.22. The van der Waals surface area contributed by atoms with Gasteiger partial charge in [-0.1, -0.05) is 48.0 Å². The first kappa shape index (κ1) is 19.8. The lowest BCUT2D eigenvalue weighted by Crippen LogP contribution is -2.39. The third-order valence-electron chi connectivity index (χ3n) is 4.03. The third-order valence-corrected chi connectivity index (χ3v) is 4.83. The summed E-state index contributed by atoms with van der Waals surface area (Å²) < 4.78 is 11.7. The van der Waals surface area contributed by atoms with E-state index in [1.165, 1.54) is 0 Å². The van der Waals surface area contributed by atoms with Crippen LogP contribution in [0, 0.1) is 20.8 Å². The van der Waals surface area contributed by atoms with Crippen LogP contribution in [0.3, 0.4) is 0 Å². The van der Waals surface area contributed by atoms with Crippen LogP contribution < -0.4 is 10.6 Å². The van der Waals surface area contributed by atoms with Gasteiger partial charge >= 0.3 is 11.8 Å². The summed E-state index contributed by atoms with van der Waals surface area (Å²) in [5, 5.41) is 5.38. The molecule has 2 amide bonds. The Morgan fingerprint density at radius 3 is 2.12 bits per heavy atom. The number of rotatable bonds is 5. The maximum atomic E-state index is 12.4. The zero-order chi connectivity index (χ0) is 19.3. The molecule has 0 saturated carbocycles. The summed E-state index contributed by atoms with van der Waals surface area (Å²) in [6, 6.07) is 12.6. The van der Waals surface area contributed by atoms with Gasteiger partial charge in [0.2, 0.25) is 0 Å². The molecule has 2 rings (SSSR count). The van der Waals surface area contributed by atoms with E-state index < -0.39 is 28.7 Å². The van der Waals surface area contributed by atoms with Gasteiger partial charge in [-0.2, -0.15) is 0 Å². The fourth-order valence-electron chi connectivity index (χ4n) is 2.91. The zero-order valence-electron chi connectivity index (χ0n) is 15.5. The number of hydrogen-bond donors (Lipinski definition) is 2. The van der Waals surface area contributed by atoms with E-state index in [-0.39, 0.29) is 5.75 Å². The number of hydrogen-bond acceptors (Lipinski definition) is 3. The molecular weight excluding hydrogens is 348 g/mol. The Bertz CT molecular complexity index is 811. The number of carbonyl (C=O) groups is 2. The molecule has 0 saturated heterocycles. The lowest BCUT2D eigenvalue weighted by atomic mass is 10.1. The van der Waals surface area contributed by atoms with Crippen molar-refractivity contribution < 1.29 is 13.8 Å². The van der Waals surface area contributed by atoms with Crippen molar-refractivity contribution in [3.8, 4) is 0 Å². The Labute approximate surface area is 156 Å². The second-order valence-corrected chi connectivity index (χ2v) is 7.88. The Morgan fingerprint density at radius 1 is 1.00 bits per heavy atom. The van der Waals surface area contributed by atoms with Crippen molar-refractivity contribution in [1.29, 1.82) is 0 Å². The molecule has 0 aliphatic rings. The first-order valence-electron chi connectivity index (χ1n) is 8.32. The minimum absolute atomic E-state index is 0.242. The molecule has 0 aliphatic heterocycles. The maximum absolute atomic E-state index is 12.4. The average molecular weight is 372 g/mol. The van der Waals surface area contributed by atoms with E-state index >= 15 is 0 Å². The van der Waals surface area contributed by atoms with Crippen LogP contribution in [0.2, 0.25) is 0 Å². The van der Waals surface area contributed by atoms with E-state index in [0.717, 1.165) is 22.3 Å². The van der Waals surface area contributed by atoms with Gasteiger partial charge in [-0.15, -0.1) is 0 Å². The van der Waals surface area contributed by atoms with E-state index in [9.17, 15) is 13.8 Å². The van der Waals surface area contributed by atoms with Crippen molar-refractivity contribution in [3.05, 3.63) is 64.7 Å². The highest BCUT2D eigenvalue weighted by atomic mass is 32.2. The maximum Gasteiger partial charge on any atom is 0.313 e. The Hall–Kier alpha value is -2.47. The van der Waals surface area contributed by atoms with Crippen LogP contribution in [-0.2, 0) is 20.4 Å². The molecule has 5 nitrogen and oxygen atoms in total. The first-order valence-corrected chi connectivity index (χ1v) is 10.1. The van der Waals surface area contributed by atoms with Crippen molar-refractivity contribution in [2.75, 3.05) is 17.3 Å². The molecule has 6 heteroatoms. The van der Waals surface area contributed by atoms with Crippen molar-refractivity contribution in [3.63, 3.8) is 0 Å². The standard InChI is InChI=1S/C20H24N2O3S/c1-13-10-14(2)18(15(3)11-13)22-20(24)19(23)21-17(12-26(4)25)16-8-6-5-7-9-16/h5-11,17H,12H2,1-4H3,(H,21,23)(H,22,24)/t17-,26-/m1/s1. The minimum Gasteiger partial charge on any atom is -0.340 e. The molecule has 2 aromatic carbocycles. The molecule has 0 spiro atoms. The molecule has 0 heterocycles. The molecule has 2 aromatic rings. The third kappa shape index (κ3) is 5.26. The van der Waals surface area contributed by atoms with Crippen LogP contribution in [0.4, 0.5) is 5.69 Å². The van der Waals surface area contributed by atoms with Gasteiger partial charge in [-0.05, 0) is 37.5 Å². The van der Waals surface area contributed by atoms with Gasteiger partial charge in [0.1, 0.15) is 0 Å². The fraction of sp³-hybridized carbons (Fsp3) is 0.300. The number of amides is 2. The number of carbonyl (C=O) groups excluding carboxylic acids is 2. The SMILES string of the molecule is Cc1cc(C)c(NC(=O)C(=O)N[C@H](C[S@@](C)=O)c2ccccc2)c(C)c1. The van der Waals surface area contributed by atoms with E-state index in [2.05, 4.69) is 10.6 Å². The van der Waals surface area contributed by atoms with Crippen LogP contribution in [0.25, 0.3) is 0 Å². The summed E-state index contributed by atoms with van der Waals surface area (Å²) in [5.41, 5.74) is 4.35. The van der Waals surface area contributed by atoms with E-state index in [1.807, 2.05) is 63.2 Å². The highest BCUT2D eigenvalue weighted by Gasteiger charge is 2.22. The second kappa shape index (κ2) is 8.76. The van der Waals surface area contributed by atoms with Gasteiger partial charge < -0.3 is 10.6 Å². The van der Waals surface area contributed by atoms with Crippen LogP contribution in [0.1, 0.15) is 28.3 Å². The predicted octanol–water partition coefficient (Wildman–Crippen LogP) is 2.79. The first-order chi connectivity index (χ1) is 12.3. The van der Waals surface area contributed by atoms with Crippen LogP contribution in [0.5, 0.6) is 0 Å². The molecular formula is C20H24N2O3S. The molecule has 0 bridgehead atoms. The van der Waals surface area contributed by atoms with Gasteiger partial charge in [-0.3, -0.25) is 13.8 Å². The molecule has 0 aromatic heterocycles. The van der Waals surface area contributed by atoms with Gasteiger partial charge in [0.15, 0.2) is 0 Å². The van der Waals surface area contributed by atoms with Crippen molar-refractivity contribution in [1.82, 2.24) is 5.32 Å². The molecule has 2 N–H and O–H groups in total. The fourth-order valence-corrected chi connectivity index (χ4v) is 3.66. The summed E-state index contributed by atoms with van der Waals surface area (Å²) in [6.45, 7) is 5.76.